The lowest BCUT2D eigenvalue weighted by Gasteiger charge is -2.24. The van der Waals surface area contributed by atoms with Gasteiger partial charge in [0.1, 0.15) is 5.82 Å². The van der Waals surface area contributed by atoms with Crippen LogP contribution >= 0.6 is 0 Å². The van der Waals surface area contributed by atoms with Crippen LogP contribution in [-0.4, -0.2) is 28.5 Å². The molecule has 0 aliphatic carbocycles. The summed E-state index contributed by atoms with van der Waals surface area (Å²) in [4.78, 5) is 35.8. The van der Waals surface area contributed by atoms with Gasteiger partial charge in [0.15, 0.2) is 6.61 Å². The number of rotatable bonds is 4. The summed E-state index contributed by atoms with van der Waals surface area (Å²) in [5.41, 5.74) is 6.63. The number of aryl methyl sites for hydroxylation is 2. The molecule has 0 saturated carbocycles. The molecule has 0 spiro atoms. The first-order valence-electron chi connectivity index (χ1n) is 11.9. The van der Waals surface area contributed by atoms with Crippen LogP contribution in [0.5, 0.6) is 0 Å². The second-order valence-electron chi connectivity index (χ2n) is 8.75. The minimum atomic E-state index is -0.558. The van der Waals surface area contributed by atoms with E-state index < -0.39 is 5.97 Å². The highest BCUT2D eigenvalue weighted by atomic mass is 16.5. The average molecular weight is 474 g/mol. The van der Waals surface area contributed by atoms with E-state index in [0.29, 0.717) is 5.56 Å². The molecule has 176 valence electrons. The second kappa shape index (κ2) is 9.15. The summed E-state index contributed by atoms with van der Waals surface area (Å²) in [5, 5.41) is 0. The summed E-state index contributed by atoms with van der Waals surface area (Å²) in [5.74, 6) is -0.124. The van der Waals surface area contributed by atoms with Crippen molar-refractivity contribution in [3.8, 4) is 11.4 Å². The van der Waals surface area contributed by atoms with Crippen LogP contribution in [0.4, 0.5) is 11.4 Å². The summed E-state index contributed by atoms with van der Waals surface area (Å²) >= 11 is 0. The van der Waals surface area contributed by atoms with E-state index in [1.54, 1.807) is 23.1 Å². The number of carbonyl (C=O) groups excluding carboxylic acids is 2. The van der Waals surface area contributed by atoms with Gasteiger partial charge >= 0.3 is 5.97 Å². The van der Waals surface area contributed by atoms with Crippen LogP contribution in [0.15, 0.2) is 97.1 Å². The van der Waals surface area contributed by atoms with Gasteiger partial charge in [-0.1, -0.05) is 66.7 Å². The summed E-state index contributed by atoms with van der Waals surface area (Å²) < 4.78 is 5.49. The maximum atomic E-state index is 13.4. The predicted octanol–water partition coefficient (Wildman–Crippen LogP) is 5.85. The number of benzene rings is 4. The standard InChI is InChI=1S/C30H23N3O3/c34-28(33-26-12-6-4-8-20(26)14-15-21-9-5-7-13-27(21)33)19-36-30(35)23-16-17-24-25(18-23)32-29(31-24)22-10-2-1-3-11-22/h1-13,16-18H,14-15,19H2,(H,31,32). The van der Waals surface area contributed by atoms with Crippen LogP contribution in [0.1, 0.15) is 21.5 Å². The number of anilines is 2. The van der Waals surface area contributed by atoms with Crippen LogP contribution in [0.2, 0.25) is 0 Å². The van der Waals surface area contributed by atoms with Crippen molar-refractivity contribution in [2.24, 2.45) is 0 Å². The normalized spacial score (nSPS) is 12.5. The molecule has 0 atom stereocenters. The Kier molecular flexibility index (Phi) is 5.54. The number of carbonyl (C=O) groups is 2. The first-order valence-corrected chi connectivity index (χ1v) is 11.9. The quantitative estimate of drug-likeness (QED) is 0.332. The zero-order valence-electron chi connectivity index (χ0n) is 19.5. The van der Waals surface area contributed by atoms with E-state index in [1.165, 1.54) is 0 Å². The van der Waals surface area contributed by atoms with Gasteiger partial charge < -0.3 is 9.72 Å². The summed E-state index contributed by atoms with van der Waals surface area (Å²) in [6, 6.07) is 30.7. The van der Waals surface area contributed by atoms with Gasteiger partial charge in [-0.2, -0.15) is 0 Å². The van der Waals surface area contributed by atoms with Gasteiger partial charge in [0.05, 0.1) is 28.0 Å². The Hall–Kier alpha value is -4.71. The Morgan fingerprint density at radius 1 is 0.806 bits per heavy atom. The number of imidazole rings is 1. The molecule has 1 N–H and O–H groups in total. The number of hydrogen-bond donors (Lipinski definition) is 1. The Labute approximate surface area is 208 Å². The molecular weight excluding hydrogens is 450 g/mol. The number of ether oxygens (including phenoxy) is 1. The third kappa shape index (κ3) is 4.03. The van der Waals surface area contributed by atoms with Crippen molar-refractivity contribution < 1.29 is 14.3 Å². The van der Waals surface area contributed by atoms with Crippen LogP contribution in [0, 0.1) is 0 Å². The highest BCUT2D eigenvalue weighted by Gasteiger charge is 2.26. The average Bonchev–Trinajstić information content (AvgIpc) is 3.28. The highest BCUT2D eigenvalue weighted by Crippen LogP contribution is 2.36. The molecule has 6 heteroatoms. The van der Waals surface area contributed by atoms with Gasteiger partial charge in [0.2, 0.25) is 0 Å². The van der Waals surface area contributed by atoms with Gasteiger partial charge in [-0.25, -0.2) is 9.78 Å². The fourth-order valence-electron chi connectivity index (χ4n) is 4.69. The van der Waals surface area contributed by atoms with E-state index in [1.807, 2.05) is 78.9 Å². The van der Waals surface area contributed by atoms with E-state index in [2.05, 4.69) is 9.97 Å². The second-order valence-corrected chi connectivity index (χ2v) is 8.75. The van der Waals surface area contributed by atoms with Gasteiger partial charge in [-0.3, -0.25) is 9.69 Å². The van der Waals surface area contributed by atoms with Gasteiger partial charge in [-0.05, 0) is 54.3 Å². The number of nitrogens with zero attached hydrogens (tertiary/aromatic N) is 2. The topological polar surface area (TPSA) is 75.3 Å². The maximum absolute atomic E-state index is 13.4. The Morgan fingerprint density at radius 3 is 2.14 bits per heavy atom. The minimum Gasteiger partial charge on any atom is -0.452 e. The zero-order chi connectivity index (χ0) is 24.5. The number of aromatic nitrogens is 2. The molecule has 1 amide bonds. The number of amides is 1. The maximum Gasteiger partial charge on any atom is 0.338 e. The molecule has 1 aliphatic rings. The molecule has 6 rings (SSSR count). The SMILES string of the molecule is O=C(OCC(=O)N1c2ccccc2CCc2ccccc21)c1ccc2nc(-c3ccccc3)[nH]c2c1. The highest BCUT2D eigenvalue weighted by molar-refractivity contribution is 6.04. The Bertz CT molecular complexity index is 1540. The largest absolute Gasteiger partial charge is 0.452 e. The number of H-pyrrole nitrogens is 1. The molecule has 0 fully saturated rings. The first kappa shape index (κ1) is 21.8. The molecule has 1 aromatic heterocycles. The Morgan fingerprint density at radius 2 is 1.44 bits per heavy atom. The number of esters is 1. The molecule has 0 bridgehead atoms. The van der Waals surface area contributed by atoms with Gasteiger partial charge in [-0.15, -0.1) is 0 Å². The summed E-state index contributed by atoms with van der Waals surface area (Å²) in [6.07, 6.45) is 1.68. The summed E-state index contributed by atoms with van der Waals surface area (Å²) in [6.45, 7) is -0.363. The number of nitrogens with one attached hydrogen (secondary N) is 1. The lowest BCUT2D eigenvalue weighted by Crippen LogP contribution is -2.31. The predicted molar refractivity (Wildman–Crippen MR) is 139 cm³/mol. The van der Waals surface area contributed by atoms with Gasteiger partial charge in [0, 0.05) is 5.56 Å². The monoisotopic (exact) mass is 473 g/mol. The third-order valence-electron chi connectivity index (χ3n) is 6.47. The van der Waals surface area contributed by atoms with Crippen molar-refractivity contribution in [3.63, 3.8) is 0 Å². The third-order valence-corrected chi connectivity index (χ3v) is 6.47. The molecule has 6 nitrogen and oxygen atoms in total. The molecule has 4 aromatic carbocycles. The van der Waals surface area contributed by atoms with Crippen molar-refractivity contribution in [2.45, 2.75) is 12.8 Å². The molecule has 2 heterocycles. The van der Waals surface area contributed by atoms with E-state index in [0.717, 1.165) is 57.8 Å². The fraction of sp³-hybridized carbons (Fsp3) is 0.100. The zero-order valence-corrected chi connectivity index (χ0v) is 19.5. The van der Waals surface area contributed by atoms with E-state index in [4.69, 9.17) is 4.74 Å². The van der Waals surface area contributed by atoms with Crippen molar-refractivity contribution in [2.75, 3.05) is 11.5 Å². The number of hydrogen-bond acceptors (Lipinski definition) is 4. The number of fused-ring (bicyclic) bond motifs is 3. The first-order chi connectivity index (χ1) is 17.7. The molecule has 5 aromatic rings. The van der Waals surface area contributed by atoms with Crippen molar-refractivity contribution in [3.05, 3.63) is 114 Å². The Balaban J connectivity index is 1.23. The summed E-state index contributed by atoms with van der Waals surface area (Å²) in [7, 11) is 0. The van der Waals surface area contributed by atoms with E-state index in [9.17, 15) is 9.59 Å². The molecule has 0 radical (unpaired) electrons. The lowest BCUT2D eigenvalue weighted by molar-refractivity contribution is -0.120. The fourth-order valence-corrected chi connectivity index (χ4v) is 4.69. The van der Waals surface area contributed by atoms with Crippen LogP contribution in [0.3, 0.4) is 0 Å². The van der Waals surface area contributed by atoms with Gasteiger partial charge in [0.25, 0.3) is 5.91 Å². The van der Waals surface area contributed by atoms with E-state index in [-0.39, 0.29) is 12.5 Å². The molecule has 0 saturated heterocycles. The van der Waals surface area contributed by atoms with Crippen LogP contribution < -0.4 is 4.90 Å². The molecule has 1 aliphatic heterocycles. The number of para-hydroxylation sites is 2. The van der Waals surface area contributed by atoms with E-state index >= 15 is 0 Å². The van der Waals surface area contributed by atoms with Crippen molar-refractivity contribution >= 4 is 34.3 Å². The van der Waals surface area contributed by atoms with Crippen molar-refractivity contribution in [1.29, 1.82) is 0 Å². The van der Waals surface area contributed by atoms with Crippen LogP contribution in [0.25, 0.3) is 22.4 Å². The smallest absolute Gasteiger partial charge is 0.338 e. The minimum absolute atomic E-state index is 0.292. The number of aromatic amines is 1. The van der Waals surface area contributed by atoms with Crippen LogP contribution in [-0.2, 0) is 22.4 Å². The lowest BCUT2D eigenvalue weighted by atomic mass is 10.0. The molecule has 36 heavy (non-hydrogen) atoms. The molecular formula is C30H23N3O3. The molecule has 0 unspecified atom stereocenters. The van der Waals surface area contributed by atoms with Crippen molar-refractivity contribution in [1.82, 2.24) is 9.97 Å².